The Morgan fingerprint density at radius 2 is 2.00 bits per heavy atom. The summed E-state index contributed by atoms with van der Waals surface area (Å²) in [6.45, 7) is 4.33. The van der Waals surface area contributed by atoms with E-state index in [2.05, 4.69) is 20.2 Å². The Kier molecular flexibility index (Phi) is 5.30. The number of nitrogens with one attached hydrogen (secondary N) is 1. The maximum atomic E-state index is 14.0. The van der Waals surface area contributed by atoms with E-state index >= 15 is 0 Å². The number of halogens is 1. The van der Waals surface area contributed by atoms with Gasteiger partial charge < -0.3 is 5.32 Å². The normalized spacial score (nSPS) is 15.6. The van der Waals surface area contributed by atoms with Gasteiger partial charge in [-0.2, -0.15) is 0 Å². The molecule has 144 valence electrons. The average molecular weight is 378 g/mol. The standard InChI is InChI=1S/C22H23FN4O/c1-15-4-7-20(25-13-15)26-22(28)16-8-11-27(12-9-16)14-17-5-6-19(23)18-3-2-10-24-21(17)18/h2-7,10,13,16H,8-9,11-12,14H2,1H3,(H,25,26,28). The number of amides is 1. The summed E-state index contributed by atoms with van der Waals surface area (Å²) in [6.07, 6.45) is 5.04. The molecule has 0 radical (unpaired) electrons. The lowest BCUT2D eigenvalue weighted by Gasteiger charge is -2.31. The Labute approximate surface area is 163 Å². The molecule has 0 bridgehead atoms. The number of carbonyl (C=O) groups excluding carboxylic acids is 1. The minimum absolute atomic E-state index is 0.0116. The molecule has 3 aromatic rings. The Bertz CT molecular complexity index is 981. The number of hydrogen-bond donors (Lipinski definition) is 1. The molecule has 3 heterocycles. The van der Waals surface area contributed by atoms with E-state index < -0.39 is 0 Å². The van der Waals surface area contributed by atoms with E-state index in [9.17, 15) is 9.18 Å². The number of likely N-dealkylation sites (tertiary alicyclic amines) is 1. The lowest BCUT2D eigenvalue weighted by Crippen LogP contribution is -2.37. The SMILES string of the molecule is Cc1ccc(NC(=O)C2CCN(Cc3ccc(F)c4cccnc34)CC2)nc1. The fourth-order valence-corrected chi connectivity index (χ4v) is 3.69. The van der Waals surface area contributed by atoms with Crippen LogP contribution in [0.2, 0.25) is 0 Å². The highest BCUT2D eigenvalue weighted by Crippen LogP contribution is 2.24. The monoisotopic (exact) mass is 378 g/mol. The van der Waals surface area contributed by atoms with E-state index in [0.29, 0.717) is 23.3 Å². The van der Waals surface area contributed by atoms with E-state index in [1.54, 1.807) is 24.5 Å². The van der Waals surface area contributed by atoms with Gasteiger partial charge in [0.25, 0.3) is 0 Å². The van der Waals surface area contributed by atoms with Gasteiger partial charge in [0.1, 0.15) is 11.6 Å². The molecule has 0 unspecified atom stereocenters. The van der Waals surface area contributed by atoms with Gasteiger partial charge in [0.15, 0.2) is 0 Å². The zero-order valence-electron chi connectivity index (χ0n) is 15.9. The number of carbonyl (C=O) groups is 1. The average Bonchev–Trinajstić information content (AvgIpc) is 2.72. The van der Waals surface area contributed by atoms with Crippen LogP contribution in [-0.2, 0) is 11.3 Å². The molecule has 1 amide bonds. The van der Waals surface area contributed by atoms with Crippen LogP contribution in [0.15, 0.2) is 48.8 Å². The Hall–Kier alpha value is -2.86. The van der Waals surface area contributed by atoms with Gasteiger partial charge >= 0.3 is 0 Å². The molecule has 0 atom stereocenters. The van der Waals surface area contributed by atoms with Crippen molar-refractivity contribution in [2.45, 2.75) is 26.3 Å². The van der Waals surface area contributed by atoms with E-state index in [-0.39, 0.29) is 17.6 Å². The molecular weight excluding hydrogens is 355 g/mol. The van der Waals surface area contributed by atoms with Crippen molar-refractivity contribution in [2.75, 3.05) is 18.4 Å². The van der Waals surface area contributed by atoms with Crippen LogP contribution in [0.3, 0.4) is 0 Å². The maximum absolute atomic E-state index is 14.0. The summed E-state index contributed by atoms with van der Waals surface area (Å²) in [5.41, 5.74) is 2.80. The van der Waals surface area contributed by atoms with E-state index in [1.165, 1.54) is 6.07 Å². The number of piperidine rings is 1. The van der Waals surface area contributed by atoms with Gasteiger partial charge in [0.05, 0.1) is 5.52 Å². The Balaban J connectivity index is 1.36. The Morgan fingerprint density at radius 1 is 1.18 bits per heavy atom. The number of benzene rings is 1. The molecule has 6 heteroatoms. The first-order valence-electron chi connectivity index (χ1n) is 9.58. The van der Waals surface area contributed by atoms with Crippen LogP contribution >= 0.6 is 0 Å². The molecule has 1 aromatic carbocycles. The van der Waals surface area contributed by atoms with E-state index in [1.807, 2.05) is 25.1 Å². The van der Waals surface area contributed by atoms with Gasteiger partial charge in [-0.1, -0.05) is 12.1 Å². The van der Waals surface area contributed by atoms with Gasteiger partial charge in [-0.3, -0.25) is 14.7 Å². The van der Waals surface area contributed by atoms with Crippen molar-refractivity contribution in [3.05, 3.63) is 65.7 Å². The van der Waals surface area contributed by atoms with Crippen LogP contribution in [0.25, 0.3) is 10.9 Å². The second-order valence-corrected chi connectivity index (χ2v) is 7.37. The molecule has 5 nitrogen and oxygen atoms in total. The fraction of sp³-hybridized carbons (Fsp3) is 0.318. The highest BCUT2D eigenvalue weighted by atomic mass is 19.1. The molecule has 2 aromatic heterocycles. The minimum atomic E-state index is -0.244. The van der Waals surface area contributed by atoms with Crippen LogP contribution in [0.5, 0.6) is 0 Å². The molecule has 0 saturated carbocycles. The van der Waals surface area contributed by atoms with Gasteiger partial charge in [0, 0.05) is 30.2 Å². The fourth-order valence-electron chi connectivity index (χ4n) is 3.69. The Morgan fingerprint density at radius 3 is 2.75 bits per heavy atom. The van der Waals surface area contributed by atoms with Crippen LogP contribution in [0.4, 0.5) is 10.2 Å². The number of anilines is 1. The van der Waals surface area contributed by atoms with Crippen molar-refractivity contribution >= 4 is 22.6 Å². The number of aromatic nitrogens is 2. The van der Waals surface area contributed by atoms with Crippen molar-refractivity contribution in [1.29, 1.82) is 0 Å². The number of hydrogen-bond acceptors (Lipinski definition) is 4. The number of nitrogens with zero attached hydrogens (tertiary/aromatic N) is 3. The summed E-state index contributed by atoms with van der Waals surface area (Å²) >= 11 is 0. The van der Waals surface area contributed by atoms with Gasteiger partial charge in [-0.15, -0.1) is 0 Å². The lowest BCUT2D eigenvalue weighted by molar-refractivity contribution is -0.121. The van der Waals surface area contributed by atoms with E-state index in [0.717, 1.165) is 37.1 Å². The zero-order chi connectivity index (χ0) is 19.5. The lowest BCUT2D eigenvalue weighted by atomic mass is 9.95. The summed E-state index contributed by atoms with van der Waals surface area (Å²) < 4.78 is 14.0. The summed E-state index contributed by atoms with van der Waals surface area (Å²) in [5.74, 6) is 0.376. The molecule has 1 fully saturated rings. The molecule has 1 saturated heterocycles. The molecule has 28 heavy (non-hydrogen) atoms. The zero-order valence-corrected chi connectivity index (χ0v) is 15.9. The minimum Gasteiger partial charge on any atom is -0.310 e. The summed E-state index contributed by atoms with van der Waals surface area (Å²) in [4.78, 5) is 23.4. The first-order chi connectivity index (χ1) is 13.6. The van der Waals surface area contributed by atoms with Gasteiger partial charge in [-0.05, 0) is 68.2 Å². The third kappa shape index (κ3) is 4.02. The molecule has 1 N–H and O–H groups in total. The van der Waals surface area contributed by atoms with Crippen molar-refractivity contribution in [3.8, 4) is 0 Å². The number of rotatable bonds is 4. The predicted molar refractivity (Wildman–Crippen MR) is 107 cm³/mol. The second kappa shape index (κ2) is 8.02. The third-order valence-corrected chi connectivity index (χ3v) is 5.31. The van der Waals surface area contributed by atoms with Crippen molar-refractivity contribution < 1.29 is 9.18 Å². The van der Waals surface area contributed by atoms with E-state index in [4.69, 9.17) is 0 Å². The third-order valence-electron chi connectivity index (χ3n) is 5.31. The molecule has 1 aliphatic heterocycles. The largest absolute Gasteiger partial charge is 0.310 e. The summed E-state index contributed by atoms with van der Waals surface area (Å²) in [5, 5.41) is 3.47. The summed E-state index contributed by atoms with van der Waals surface area (Å²) in [6, 6.07) is 10.6. The second-order valence-electron chi connectivity index (χ2n) is 7.37. The van der Waals surface area contributed by atoms with Crippen molar-refractivity contribution in [1.82, 2.24) is 14.9 Å². The quantitative estimate of drug-likeness (QED) is 0.747. The first kappa shape index (κ1) is 18.5. The maximum Gasteiger partial charge on any atom is 0.228 e. The van der Waals surface area contributed by atoms with Crippen molar-refractivity contribution in [2.24, 2.45) is 5.92 Å². The van der Waals surface area contributed by atoms with Gasteiger partial charge in [-0.25, -0.2) is 9.37 Å². The number of pyridine rings is 2. The van der Waals surface area contributed by atoms with Crippen molar-refractivity contribution in [3.63, 3.8) is 0 Å². The number of fused-ring (bicyclic) bond motifs is 1. The molecule has 0 aliphatic carbocycles. The van der Waals surface area contributed by atoms with Crippen LogP contribution in [0, 0.1) is 18.7 Å². The predicted octanol–water partition coefficient (Wildman–Crippen LogP) is 3.93. The van der Waals surface area contributed by atoms with Gasteiger partial charge in [0.2, 0.25) is 5.91 Å². The number of aryl methyl sites for hydroxylation is 1. The topological polar surface area (TPSA) is 58.1 Å². The van der Waals surface area contributed by atoms with Crippen LogP contribution < -0.4 is 5.32 Å². The van der Waals surface area contributed by atoms with Crippen LogP contribution in [0.1, 0.15) is 24.0 Å². The molecule has 1 aliphatic rings. The van der Waals surface area contributed by atoms with Crippen LogP contribution in [-0.4, -0.2) is 33.9 Å². The molecular formula is C22H23FN4O. The first-order valence-corrected chi connectivity index (χ1v) is 9.58. The summed E-state index contributed by atoms with van der Waals surface area (Å²) in [7, 11) is 0. The smallest absolute Gasteiger partial charge is 0.228 e. The molecule has 4 rings (SSSR count). The highest BCUT2D eigenvalue weighted by molar-refractivity contribution is 5.91. The molecule has 0 spiro atoms. The highest BCUT2D eigenvalue weighted by Gasteiger charge is 2.25.